The zero-order valence-corrected chi connectivity index (χ0v) is 13.7. The Balaban J connectivity index is 1.96. The van der Waals surface area contributed by atoms with E-state index in [2.05, 4.69) is 15.3 Å². The lowest BCUT2D eigenvalue weighted by Gasteiger charge is -2.08. The third-order valence-corrected chi connectivity index (χ3v) is 4.02. The molecule has 0 aliphatic heterocycles. The molecule has 4 nitrogen and oxygen atoms in total. The molecule has 1 aromatic heterocycles. The van der Waals surface area contributed by atoms with Crippen LogP contribution in [0.25, 0.3) is 0 Å². The van der Waals surface area contributed by atoms with Gasteiger partial charge in [-0.05, 0) is 41.9 Å². The van der Waals surface area contributed by atoms with Gasteiger partial charge in [0.25, 0.3) is 0 Å². The molecule has 0 atom stereocenters. The van der Waals surface area contributed by atoms with E-state index in [1.165, 1.54) is 11.8 Å². The van der Waals surface area contributed by atoms with Crippen molar-refractivity contribution in [2.24, 2.45) is 0 Å². The Morgan fingerprint density at radius 3 is 2.71 bits per heavy atom. The smallest absolute Gasteiger partial charge is 0.192 e. The van der Waals surface area contributed by atoms with E-state index < -0.39 is 0 Å². The molecule has 2 aromatic rings. The van der Waals surface area contributed by atoms with E-state index in [1.54, 1.807) is 7.11 Å². The average molecular weight is 324 g/mol. The van der Waals surface area contributed by atoms with Gasteiger partial charge in [0.1, 0.15) is 0 Å². The summed E-state index contributed by atoms with van der Waals surface area (Å²) in [5, 5.41) is 4.75. The summed E-state index contributed by atoms with van der Waals surface area (Å²) in [6.07, 6.45) is 3.62. The van der Waals surface area contributed by atoms with Crippen LogP contribution < -0.4 is 5.32 Å². The van der Waals surface area contributed by atoms with Gasteiger partial charge in [-0.25, -0.2) is 9.97 Å². The minimum Gasteiger partial charge on any atom is -0.383 e. The summed E-state index contributed by atoms with van der Waals surface area (Å²) in [4.78, 5) is 9.59. The van der Waals surface area contributed by atoms with E-state index in [-0.39, 0.29) is 0 Å². The lowest BCUT2D eigenvalue weighted by Crippen LogP contribution is -2.18. The largest absolute Gasteiger partial charge is 0.383 e. The van der Waals surface area contributed by atoms with Gasteiger partial charge >= 0.3 is 0 Å². The number of benzene rings is 1. The first-order valence-electron chi connectivity index (χ1n) is 6.63. The Bertz CT molecular complexity index is 578. The van der Waals surface area contributed by atoms with Gasteiger partial charge in [0, 0.05) is 42.5 Å². The normalized spacial score (nSPS) is 10.8. The lowest BCUT2D eigenvalue weighted by molar-refractivity contribution is 0.199. The summed E-state index contributed by atoms with van der Waals surface area (Å²) in [5.74, 6) is 0. The minimum absolute atomic E-state index is 0.691. The van der Waals surface area contributed by atoms with Gasteiger partial charge in [-0.3, -0.25) is 0 Å². The van der Waals surface area contributed by atoms with Crippen molar-refractivity contribution in [3.05, 3.63) is 46.7 Å². The van der Waals surface area contributed by atoms with Gasteiger partial charge < -0.3 is 10.1 Å². The number of ether oxygens (including phenoxy) is 1. The lowest BCUT2D eigenvalue weighted by atomic mass is 10.2. The number of rotatable bonds is 7. The van der Waals surface area contributed by atoms with Gasteiger partial charge in [-0.1, -0.05) is 17.7 Å². The molecule has 2 rings (SSSR count). The summed E-state index contributed by atoms with van der Waals surface area (Å²) >= 11 is 7.81. The molecular formula is C15H18ClN3OS. The minimum atomic E-state index is 0.691. The van der Waals surface area contributed by atoms with Crippen molar-refractivity contribution in [1.82, 2.24) is 15.3 Å². The van der Waals surface area contributed by atoms with Crippen LogP contribution in [0.2, 0.25) is 5.02 Å². The molecule has 0 saturated heterocycles. The molecule has 0 saturated carbocycles. The van der Waals surface area contributed by atoms with Crippen LogP contribution in [-0.4, -0.2) is 30.2 Å². The van der Waals surface area contributed by atoms with Crippen LogP contribution >= 0.6 is 23.4 Å². The highest BCUT2D eigenvalue weighted by molar-refractivity contribution is 7.99. The van der Waals surface area contributed by atoms with Crippen LogP contribution in [0.15, 0.2) is 40.6 Å². The van der Waals surface area contributed by atoms with Crippen molar-refractivity contribution in [1.29, 1.82) is 0 Å². The predicted octanol–water partition coefficient (Wildman–Crippen LogP) is 3.33. The molecular weight excluding hydrogens is 306 g/mol. The van der Waals surface area contributed by atoms with Crippen LogP contribution in [0.5, 0.6) is 0 Å². The molecule has 112 valence electrons. The topological polar surface area (TPSA) is 47.0 Å². The molecule has 0 aliphatic rings. The van der Waals surface area contributed by atoms with Crippen LogP contribution in [0.4, 0.5) is 0 Å². The van der Waals surface area contributed by atoms with Crippen molar-refractivity contribution < 1.29 is 4.74 Å². The third kappa shape index (κ3) is 5.28. The SMILES string of the molecule is COCCNCc1ccc(Sc2ncc(C)cn2)cc1Cl. The van der Waals surface area contributed by atoms with E-state index in [1.807, 2.05) is 37.5 Å². The first-order valence-corrected chi connectivity index (χ1v) is 7.83. The molecule has 0 amide bonds. The molecule has 21 heavy (non-hydrogen) atoms. The molecule has 0 bridgehead atoms. The number of methoxy groups -OCH3 is 1. The number of nitrogens with zero attached hydrogens (tertiary/aromatic N) is 2. The molecule has 0 unspecified atom stereocenters. The maximum Gasteiger partial charge on any atom is 0.192 e. The second kappa shape index (κ2) is 8.34. The van der Waals surface area contributed by atoms with Gasteiger partial charge in [0.15, 0.2) is 5.16 Å². The summed E-state index contributed by atoms with van der Waals surface area (Å²) in [5.41, 5.74) is 2.12. The Morgan fingerprint density at radius 1 is 1.29 bits per heavy atom. The highest BCUT2D eigenvalue weighted by Gasteiger charge is 2.05. The zero-order valence-electron chi connectivity index (χ0n) is 12.1. The molecule has 1 N–H and O–H groups in total. The molecule has 6 heteroatoms. The fraction of sp³-hybridized carbons (Fsp3) is 0.333. The van der Waals surface area contributed by atoms with Crippen LogP contribution in [0.3, 0.4) is 0 Å². The summed E-state index contributed by atoms with van der Waals surface area (Å²) < 4.78 is 4.99. The fourth-order valence-electron chi connectivity index (χ4n) is 1.67. The monoisotopic (exact) mass is 323 g/mol. The number of hydrogen-bond donors (Lipinski definition) is 1. The molecule has 1 heterocycles. The van der Waals surface area contributed by atoms with Crippen molar-refractivity contribution in [2.45, 2.75) is 23.5 Å². The second-order valence-corrected chi connectivity index (χ2v) is 6.02. The highest BCUT2D eigenvalue weighted by atomic mass is 35.5. The van der Waals surface area contributed by atoms with Crippen molar-refractivity contribution in [3.8, 4) is 0 Å². The van der Waals surface area contributed by atoms with E-state index in [0.717, 1.165) is 39.3 Å². The van der Waals surface area contributed by atoms with Crippen LogP contribution in [0, 0.1) is 6.92 Å². The first-order chi connectivity index (χ1) is 10.2. The number of hydrogen-bond acceptors (Lipinski definition) is 5. The van der Waals surface area contributed by atoms with Crippen molar-refractivity contribution in [3.63, 3.8) is 0 Å². The maximum atomic E-state index is 6.31. The number of aryl methyl sites for hydroxylation is 1. The molecule has 0 aliphatic carbocycles. The van der Waals surface area contributed by atoms with Gasteiger partial charge in [0.2, 0.25) is 0 Å². The summed E-state index contributed by atoms with van der Waals surface area (Å²) in [6, 6.07) is 6.01. The maximum absolute atomic E-state index is 6.31. The summed E-state index contributed by atoms with van der Waals surface area (Å²) in [6.45, 7) is 4.20. The van der Waals surface area contributed by atoms with Crippen LogP contribution in [0.1, 0.15) is 11.1 Å². The average Bonchev–Trinajstić information content (AvgIpc) is 2.48. The summed E-state index contributed by atoms with van der Waals surface area (Å²) in [7, 11) is 1.69. The van der Waals surface area contributed by atoms with Crippen molar-refractivity contribution >= 4 is 23.4 Å². The van der Waals surface area contributed by atoms with E-state index in [0.29, 0.717) is 6.61 Å². The second-order valence-electron chi connectivity index (χ2n) is 4.57. The molecule has 0 spiro atoms. The van der Waals surface area contributed by atoms with Gasteiger partial charge in [0.05, 0.1) is 6.61 Å². The first kappa shape index (κ1) is 16.2. The highest BCUT2D eigenvalue weighted by Crippen LogP contribution is 2.28. The van der Waals surface area contributed by atoms with Gasteiger partial charge in [-0.2, -0.15) is 0 Å². The predicted molar refractivity (Wildman–Crippen MR) is 85.9 cm³/mol. The number of halogens is 1. The zero-order chi connectivity index (χ0) is 15.1. The Kier molecular flexibility index (Phi) is 6.45. The number of nitrogens with one attached hydrogen (secondary N) is 1. The van der Waals surface area contributed by atoms with Crippen molar-refractivity contribution in [2.75, 3.05) is 20.3 Å². The van der Waals surface area contributed by atoms with E-state index in [9.17, 15) is 0 Å². The standard InChI is InChI=1S/C15H18ClN3OS/c1-11-8-18-15(19-9-11)21-13-4-3-12(14(16)7-13)10-17-5-6-20-2/h3-4,7-9,17H,5-6,10H2,1-2H3. The van der Waals surface area contributed by atoms with Gasteiger partial charge in [-0.15, -0.1) is 0 Å². The van der Waals surface area contributed by atoms with E-state index in [4.69, 9.17) is 16.3 Å². The molecule has 0 radical (unpaired) electrons. The Hall–Kier alpha value is -1.14. The third-order valence-electron chi connectivity index (χ3n) is 2.79. The quantitative estimate of drug-likeness (QED) is 0.625. The van der Waals surface area contributed by atoms with E-state index >= 15 is 0 Å². The fourth-order valence-corrected chi connectivity index (χ4v) is 2.72. The van der Waals surface area contributed by atoms with Crippen LogP contribution in [-0.2, 0) is 11.3 Å². The molecule has 0 fully saturated rings. The number of aromatic nitrogens is 2. The molecule has 1 aromatic carbocycles. The Labute approximate surface area is 134 Å². The Morgan fingerprint density at radius 2 is 2.05 bits per heavy atom.